The zero-order valence-electron chi connectivity index (χ0n) is 7.83. The van der Waals surface area contributed by atoms with E-state index >= 15 is 0 Å². The van der Waals surface area contributed by atoms with E-state index in [0.29, 0.717) is 16.3 Å². The van der Waals surface area contributed by atoms with Crippen LogP contribution in [0, 0.1) is 0 Å². The quantitative estimate of drug-likeness (QED) is 0.737. The van der Waals surface area contributed by atoms with Gasteiger partial charge < -0.3 is 10.5 Å². The van der Waals surface area contributed by atoms with Crippen molar-refractivity contribution in [1.29, 1.82) is 0 Å². The Kier molecular flexibility index (Phi) is 2.87. The number of nitrogen functional groups attached to an aromatic ring is 1. The Morgan fingerprint density at radius 3 is 2.69 bits per heavy atom. The number of carbonyl (C=O) groups is 1. The van der Waals surface area contributed by atoms with Crippen molar-refractivity contribution in [3.63, 3.8) is 0 Å². The molecule has 0 radical (unpaired) electrons. The maximum Gasteiger partial charge on any atom is 0.342 e. The van der Waals surface area contributed by atoms with Gasteiger partial charge in [-0.15, -0.1) is 0 Å². The van der Waals surface area contributed by atoms with Gasteiger partial charge in [0.15, 0.2) is 0 Å². The summed E-state index contributed by atoms with van der Waals surface area (Å²) in [5.41, 5.74) is 6.75. The van der Waals surface area contributed by atoms with Gasteiger partial charge in [-0.1, -0.05) is 13.8 Å². The monoisotopic (exact) mass is 200 g/mol. The van der Waals surface area contributed by atoms with E-state index in [0.717, 1.165) is 11.5 Å². The Bertz CT molecular complexity index is 320. The first-order chi connectivity index (χ1) is 6.07. The lowest BCUT2D eigenvalue weighted by Crippen LogP contribution is -2.07. The molecule has 0 aliphatic heterocycles. The van der Waals surface area contributed by atoms with Crippen molar-refractivity contribution in [3.05, 3.63) is 11.3 Å². The molecule has 0 spiro atoms. The minimum absolute atomic E-state index is 0.183. The summed E-state index contributed by atoms with van der Waals surface area (Å²) in [7, 11) is 1.34. The summed E-state index contributed by atoms with van der Waals surface area (Å²) in [5, 5.41) is 0.426. The number of methoxy groups -OCH3 is 1. The average molecular weight is 200 g/mol. The molecule has 0 saturated carbocycles. The van der Waals surface area contributed by atoms with Crippen LogP contribution in [0.2, 0.25) is 0 Å². The van der Waals surface area contributed by atoms with Crippen LogP contribution in [0.1, 0.15) is 35.8 Å². The van der Waals surface area contributed by atoms with E-state index in [1.165, 1.54) is 7.11 Å². The van der Waals surface area contributed by atoms with Gasteiger partial charge in [0, 0.05) is 0 Å². The number of hydrogen-bond acceptors (Lipinski definition) is 5. The summed E-state index contributed by atoms with van der Waals surface area (Å²) in [6, 6.07) is 0. The summed E-state index contributed by atoms with van der Waals surface area (Å²) >= 11 is 1.13. The van der Waals surface area contributed by atoms with Crippen molar-refractivity contribution in [2.75, 3.05) is 12.8 Å². The molecule has 1 aromatic rings. The second-order valence-corrected chi connectivity index (χ2v) is 3.76. The number of nitrogens with two attached hydrogens (primary N) is 1. The van der Waals surface area contributed by atoms with E-state index in [-0.39, 0.29) is 5.92 Å². The third-order valence-corrected chi connectivity index (χ3v) is 2.37. The number of ether oxygens (including phenoxy) is 1. The molecule has 0 aromatic carbocycles. The first-order valence-corrected chi connectivity index (χ1v) is 4.68. The minimum Gasteiger partial charge on any atom is -0.465 e. The zero-order chi connectivity index (χ0) is 10.0. The molecule has 0 saturated heterocycles. The lowest BCUT2D eigenvalue weighted by molar-refractivity contribution is 0.0600. The highest BCUT2D eigenvalue weighted by Crippen LogP contribution is 2.27. The average Bonchev–Trinajstić information content (AvgIpc) is 2.46. The molecule has 0 unspecified atom stereocenters. The van der Waals surface area contributed by atoms with Gasteiger partial charge in [-0.25, -0.2) is 4.79 Å². The molecule has 0 aliphatic rings. The Morgan fingerprint density at radius 2 is 2.23 bits per heavy atom. The number of aromatic nitrogens is 1. The Morgan fingerprint density at radius 1 is 1.62 bits per heavy atom. The van der Waals surface area contributed by atoms with Crippen molar-refractivity contribution >= 4 is 22.5 Å². The molecule has 1 rings (SSSR count). The highest BCUT2D eigenvalue weighted by atomic mass is 32.1. The predicted octanol–water partition coefficient (Wildman–Crippen LogP) is 1.64. The van der Waals surface area contributed by atoms with Crippen LogP contribution in [-0.2, 0) is 4.74 Å². The van der Waals surface area contributed by atoms with Gasteiger partial charge in [-0.2, -0.15) is 4.37 Å². The number of nitrogens with zero attached hydrogens (tertiary/aromatic N) is 1. The lowest BCUT2D eigenvalue weighted by Gasteiger charge is -2.03. The number of esters is 1. The van der Waals surface area contributed by atoms with Gasteiger partial charge in [-0.05, 0) is 17.5 Å². The van der Waals surface area contributed by atoms with Gasteiger partial charge in [0.1, 0.15) is 10.6 Å². The number of rotatable bonds is 2. The molecule has 0 fully saturated rings. The second-order valence-electron chi connectivity index (χ2n) is 2.95. The molecule has 0 amide bonds. The molecule has 13 heavy (non-hydrogen) atoms. The summed E-state index contributed by atoms with van der Waals surface area (Å²) in [5.74, 6) is -0.224. The van der Waals surface area contributed by atoms with E-state index in [4.69, 9.17) is 5.73 Å². The fraction of sp³-hybridized carbons (Fsp3) is 0.500. The molecule has 1 aromatic heterocycles. The molecule has 2 N–H and O–H groups in total. The van der Waals surface area contributed by atoms with Crippen molar-refractivity contribution in [1.82, 2.24) is 4.37 Å². The van der Waals surface area contributed by atoms with E-state index < -0.39 is 5.97 Å². The van der Waals surface area contributed by atoms with Gasteiger partial charge in [-0.3, -0.25) is 0 Å². The Labute approximate surface area is 80.9 Å². The van der Waals surface area contributed by atoms with Crippen LogP contribution >= 0.6 is 11.5 Å². The van der Waals surface area contributed by atoms with E-state index in [2.05, 4.69) is 9.11 Å². The van der Waals surface area contributed by atoms with Crippen LogP contribution < -0.4 is 5.73 Å². The lowest BCUT2D eigenvalue weighted by atomic mass is 10.1. The fourth-order valence-corrected chi connectivity index (χ4v) is 1.80. The van der Waals surface area contributed by atoms with Crippen LogP contribution in [0.15, 0.2) is 0 Å². The van der Waals surface area contributed by atoms with Crippen LogP contribution in [0.4, 0.5) is 5.00 Å². The summed E-state index contributed by atoms with van der Waals surface area (Å²) < 4.78 is 8.71. The predicted molar refractivity (Wildman–Crippen MR) is 52.0 cm³/mol. The van der Waals surface area contributed by atoms with E-state index in [1.807, 2.05) is 13.8 Å². The van der Waals surface area contributed by atoms with Crippen LogP contribution in [-0.4, -0.2) is 17.5 Å². The van der Waals surface area contributed by atoms with Crippen molar-refractivity contribution in [3.8, 4) is 0 Å². The largest absolute Gasteiger partial charge is 0.465 e. The highest BCUT2D eigenvalue weighted by Gasteiger charge is 2.21. The standard InChI is InChI=1S/C8H12N2O2S/c1-4(2)6-5(8(11)12-3)7(9)13-10-6/h4H,9H2,1-3H3. The molecule has 1 heterocycles. The first-order valence-electron chi connectivity index (χ1n) is 3.91. The van der Waals surface area contributed by atoms with Gasteiger partial charge >= 0.3 is 5.97 Å². The van der Waals surface area contributed by atoms with Crippen molar-refractivity contribution in [2.45, 2.75) is 19.8 Å². The van der Waals surface area contributed by atoms with Crippen LogP contribution in [0.5, 0.6) is 0 Å². The minimum atomic E-state index is -0.407. The van der Waals surface area contributed by atoms with Crippen molar-refractivity contribution < 1.29 is 9.53 Å². The topological polar surface area (TPSA) is 65.2 Å². The van der Waals surface area contributed by atoms with Gasteiger partial charge in [0.25, 0.3) is 0 Å². The molecule has 0 aliphatic carbocycles. The Hall–Kier alpha value is -1.10. The molecule has 5 heteroatoms. The number of anilines is 1. The van der Waals surface area contributed by atoms with E-state index in [9.17, 15) is 4.79 Å². The summed E-state index contributed by atoms with van der Waals surface area (Å²) in [6.45, 7) is 3.92. The maximum atomic E-state index is 11.3. The molecular formula is C8H12N2O2S. The van der Waals surface area contributed by atoms with Crippen molar-refractivity contribution in [2.24, 2.45) is 0 Å². The third-order valence-electron chi connectivity index (χ3n) is 1.68. The SMILES string of the molecule is COC(=O)c1c(C(C)C)nsc1N. The number of hydrogen-bond donors (Lipinski definition) is 1. The van der Waals surface area contributed by atoms with Crippen LogP contribution in [0.3, 0.4) is 0 Å². The number of carbonyl (C=O) groups excluding carboxylic acids is 1. The molecule has 4 nitrogen and oxygen atoms in total. The normalized spacial score (nSPS) is 10.5. The first kappa shape index (κ1) is 9.98. The maximum absolute atomic E-state index is 11.3. The molecule has 0 atom stereocenters. The molecule has 0 bridgehead atoms. The fourth-order valence-electron chi connectivity index (χ4n) is 1.02. The van der Waals surface area contributed by atoms with Gasteiger partial charge in [0.2, 0.25) is 0 Å². The second kappa shape index (κ2) is 3.74. The Balaban J connectivity index is 3.16. The zero-order valence-corrected chi connectivity index (χ0v) is 8.64. The summed E-state index contributed by atoms with van der Waals surface area (Å²) in [6.07, 6.45) is 0. The van der Waals surface area contributed by atoms with Gasteiger partial charge in [0.05, 0.1) is 12.8 Å². The third kappa shape index (κ3) is 1.80. The highest BCUT2D eigenvalue weighted by molar-refractivity contribution is 7.10. The molecule has 72 valence electrons. The van der Waals surface area contributed by atoms with E-state index in [1.54, 1.807) is 0 Å². The smallest absolute Gasteiger partial charge is 0.342 e. The molecular weight excluding hydrogens is 188 g/mol. The van der Waals surface area contributed by atoms with Crippen LogP contribution in [0.25, 0.3) is 0 Å². The summed E-state index contributed by atoms with van der Waals surface area (Å²) in [4.78, 5) is 11.3.